The zero-order valence-corrected chi connectivity index (χ0v) is 13.6. The molecule has 3 nitrogen and oxygen atoms in total. The molecule has 2 aromatic carbocycles. The average molecular weight is 303 g/mol. The Bertz CT molecular complexity index is 1030. The van der Waals surface area contributed by atoms with Crippen LogP contribution in [0.25, 0.3) is 32.6 Å². The van der Waals surface area contributed by atoms with E-state index in [1.54, 1.807) is 0 Å². The third-order valence-electron chi connectivity index (χ3n) is 4.91. The lowest BCUT2D eigenvalue weighted by Crippen LogP contribution is -2.00. The zero-order chi connectivity index (χ0) is 16.0. The summed E-state index contributed by atoms with van der Waals surface area (Å²) in [6.07, 6.45) is 5.91. The largest absolute Gasteiger partial charge is 0.354 e. The Kier molecular flexibility index (Phi) is 3.31. The van der Waals surface area contributed by atoms with Crippen molar-refractivity contribution < 1.29 is 0 Å². The van der Waals surface area contributed by atoms with Gasteiger partial charge in [0.1, 0.15) is 0 Å². The second kappa shape index (κ2) is 5.36. The number of rotatable bonds is 3. The summed E-state index contributed by atoms with van der Waals surface area (Å²) in [5.41, 5.74) is 12.0. The van der Waals surface area contributed by atoms with Gasteiger partial charge in [0.25, 0.3) is 0 Å². The van der Waals surface area contributed by atoms with Gasteiger partial charge in [0.05, 0.1) is 5.52 Å². The molecular formula is C20H21N3. The minimum atomic E-state index is 0.736. The molecule has 0 fully saturated rings. The molecule has 23 heavy (non-hydrogen) atoms. The third kappa shape index (κ3) is 2.12. The van der Waals surface area contributed by atoms with E-state index in [1.807, 2.05) is 12.4 Å². The van der Waals surface area contributed by atoms with Gasteiger partial charge in [-0.25, -0.2) is 0 Å². The smallest absolute Gasteiger partial charge is 0.0503 e. The van der Waals surface area contributed by atoms with Crippen LogP contribution in [0, 0.1) is 13.8 Å². The van der Waals surface area contributed by atoms with E-state index >= 15 is 0 Å². The highest BCUT2D eigenvalue weighted by Crippen LogP contribution is 2.36. The summed E-state index contributed by atoms with van der Waals surface area (Å²) in [7, 11) is 0. The summed E-state index contributed by atoms with van der Waals surface area (Å²) < 4.78 is 0. The van der Waals surface area contributed by atoms with Gasteiger partial charge >= 0.3 is 0 Å². The Hall–Kier alpha value is -2.39. The first-order valence-electron chi connectivity index (χ1n) is 8.18. The summed E-state index contributed by atoms with van der Waals surface area (Å²) >= 11 is 0. The molecule has 0 spiro atoms. The Labute approximate surface area is 135 Å². The summed E-state index contributed by atoms with van der Waals surface area (Å²) in [4.78, 5) is 7.94. The van der Waals surface area contributed by atoms with Gasteiger partial charge < -0.3 is 10.7 Å². The summed E-state index contributed by atoms with van der Waals surface area (Å²) in [6, 6.07) is 8.83. The normalized spacial score (nSPS) is 11.8. The fraction of sp³-hybridized carbons (Fsp3) is 0.250. The third-order valence-corrected chi connectivity index (χ3v) is 4.91. The molecule has 0 aliphatic heterocycles. The van der Waals surface area contributed by atoms with Crippen LogP contribution in [0.5, 0.6) is 0 Å². The lowest BCUT2D eigenvalue weighted by Gasteiger charge is -2.08. The Morgan fingerprint density at radius 3 is 2.74 bits per heavy atom. The van der Waals surface area contributed by atoms with E-state index in [1.165, 1.54) is 49.3 Å². The molecule has 0 aliphatic carbocycles. The van der Waals surface area contributed by atoms with Crippen molar-refractivity contribution in [3.8, 4) is 0 Å². The SMILES string of the molecule is Cc1c2ccncc2c(C)c2c1[nH]c1ccc(CCCN)cc12. The van der Waals surface area contributed by atoms with Crippen molar-refractivity contribution in [2.45, 2.75) is 26.7 Å². The number of nitrogens with zero attached hydrogens (tertiary/aromatic N) is 1. The number of hydrogen-bond acceptors (Lipinski definition) is 2. The van der Waals surface area contributed by atoms with E-state index in [9.17, 15) is 0 Å². The highest BCUT2D eigenvalue weighted by atomic mass is 14.7. The van der Waals surface area contributed by atoms with Crippen LogP contribution in [0.4, 0.5) is 0 Å². The first kappa shape index (κ1) is 14.2. The topological polar surface area (TPSA) is 54.7 Å². The van der Waals surface area contributed by atoms with Crippen LogP contribution in [0.3, 0.4) is 0 Å². The molecule has 0 saturated heterocycles. The minimum absolute atomic E-state index is 0.736. The van der Waals surface area contributed by atoms with Crippen LogP contribution in [0.1, 0.15) is 23.1 Å². The highest BCUT2D eigenvalue weighted by molar-refractivity contribution is 6.16. The van der Waals surface area contributed by atoms with E-state index in [2.05, 4.69) is 48.1 Å². The van der Waals surface area contributed by atoms with Gasteiger partial charge in [-0.05, 0) is 73.5 Å². The summed E-state index contributed by atoms with van der Waals surface area (Å²) in [5, 5.41) is 5.15. The number of nitrogens with one attached hydrogen (secondary N) is 1. The molecule has 0 aliphatic rings. The Balaban J connectivity index is 2.09. The monoisotopic (exact) mass is 303 g/mol. The van der Waals surface area contributed by atoms with Gasteiger partial charge in [-0.3, -0.25) is 4.98 Å². The van der Waals surface area contributed by atoms with Crippen molar-refractivity contribution in [1.82, 2.24) is 9.97 Å². The van der Waals surface area contributed by atoms with E-state index < -0.39 is 0 Å². The maximum atomic E-state index is 5.65. The Morgan fingerprint density at radius 2 is 1.91 bits per heavy atom. The lowest BCUT2D eigenvalue weighted by atomic mass is 9.96. The van der Waals surface area contributed by atoms with E-state index in [0.717, 1.165) is 19.4 Å². The molecule has 116 valence electrons. The number of hydrogen-bond donors (Lipinski definition) is 2. The molecule has 2 heterocycles. The minimum Gasteiger partial charge on any atom is -0.354 e. The van der Waals surface area contributed by atoms with Gasteiger partial charge in [0.15, 0.2) is 0 Å². The van der Waals surface area contributed by atoms with E-state index in [0.29, 0.717) is 0 Å². The molecule has 0 saturated carbocycles. The first-order valence-corrected chi connectivity index (χ1v) is 8.18. The first-order chi connectivity index (χ1) is 11.2. The number of aromatic amines is 1. The van der Waals surface area contributed by atoms with E-state index in [-0.39, 0.29) is 0 Å². The molecule has 0 unspecified atom stereocenters. The molecule has 0 amide bonds. The van der Waals surface area contributed by atoms with Crippen LogP contribution in [-0.2, 0) is 6.42 Å². The number of fused-ring (bicyclic) bond motifs is 4. The van der Waals surface area contributed by atoms with Crippen LogP contribution in [-0.4, -0.2) is 16.5 Å². The quantitative estimate of drug-likeness (QED) is 0.590. The van der Waals surface area contributed by atoms with Crippen molar-refractivity contribution in [3.63, 3.8) is 0 Å². The van der Waals surface area contributed by atoms with Gasteiger partial charge in [0.2, 0.25) is 0 Å². The Morgan fingerprint density at radius 1 is 1.04 bits per heavy atom. The van der Waals surface area contributed by atoms with Crippen molar-refractivity contribution in [1.29, 1.82) is 0 Å². The van der Waals surface area contributed by atoms with Crippen LogP contribution >= 0.6 is 0 Å². The number of nitrogens with two attached hydrogens (primary N) is 1. The summed E-state index contributed by atoms with van der Waals surface area (Å²) in [5.74, 6) is 0. The second-order valence-corrected chi connectivity index (χ2v) is 6.32. The van der Waals surface area contributed by atoms with Gasteiger partial charge in [-0.15, -0.1) is 0 Å². The van der Waals surface area contributed by atoms with Crippen molar-refractivity contribution >= 4 is 32.6 Å². The van der Waals surface area contributed by atoms with E-state index in [4.69, 9.17) is 5.73 Å². The predicted octanol–water partition coefficient (Wildman–Crippen LogP) is 4.38. The standard InChI is InChI=1S/C20H21N3/c1-12-17-11-22-9-7-15(17)13(2)20-19(12)16-10-14(4-3-8-21)5-6-18(16)23-20/h5-7,9-11,23H,3-4,8,21H2,1-2H3. The average Bonchev–Trinajstić information content (AvgIpc) is 2.97. The van der Waals surface area contributed by atoms with Gasteiger partial charge in [0, 0.05) is 34.1 Å². The number of pyridine rings is 1. The maximum absolute atomic E-state index is 5.65. The van der Waals surface area contributed by atoms with Gasteiger partial charge in [-0.1, -0.05) is 6.07 Å². The number of aromatic nitrogens is 2. The van der Waals surface area contributed by atoms with Crippen molar-refractivity contribution in [3.05, 3.63) is 53.3 Å². The summed E-state index contributed by atoms with van der Waals surface area (Å²) in [6.45, 7) is 5.13. The molecular weight excluding hydrogens is 282 g/mol. The van der Waals surface area contributed by atoms with Gasteiger partial charge in [-0.2, -0.15) is 0 Å². The highest BCUT2D eigenvalue weighted by Gasteiger charge is 2.14. The molecule has 0 bridgehead atoms. The lowest BCUT2D eigenvalue weighted by molar-refractivity contribution is 0.833. The number of aryl methyl sites for hydroxylation is 3. The van der Waals surface area contributed by atoms with Crippen LogP contribution < -0.4 is 5.73 Å². The van der Waals surface area contributed by atoms with Crippen molar-refractivity contribution in [2.24, 2.45) is 5.73 Å². The number of H-pyrrole nitrogens is 1. The van der Waals surface area contributed by atoms with Crippen molar-refractivity contribution in [2.75, 3.05) is 6.54 Å². The second-order valence-electron chi connectivity index (χ2n) is 6.32. The zero-order valence-electron chi connectivity index (χ0n) is 13.6. The molecule has 0 radical (unpaired) electrons. The van der Waals surface area contributed by atoms with Crippen LogP contribution in [0.2, 0.25) is 0 Å². The molecule has 4 rings (SSSR count). The number of benzene rings is 2. The molecule has 3 N–H and O–H groups in total. The van der Waals surface area contributed by atoms with Crippen LogP contribution in [0.15, 0.2) is 36.7 Å². The molecule has 2 aromatic heterocycles. The fourth-order valence-electron chi connectivity index (χ4n) is 3.66. The molecule has 0 atom stereocenters. The maximum Gasteiger partial charge on any atom is 0.0503 e. The molecule has 3 heteroatoms. The fourth-order valence-corrected chi connectivity index (χ4v) is 3.66. The molecule has 4 aromatic rings. The predicted molar refractivity (Wildman–Crippen MR) is 98.0 cm³/mol.